The monoisotopic (exact) mass is 264 g/mol. The number of rotatable bonds is 5. The molecule has 0 aromatic carbocycles. The van der Waals surface area contributed by atoms with E-state index >= 15 is 0 Å². The lowest BCUT2D eigenvalue weighted by Crippen LogP contribution is -2.47. The Balaban J connectivity index is 1.99. The molecule has 1 atom stereocenters. The first kappa shape index (κ1) is 14.2. The molecule has 0 spiro atoms. The van der Waals surface area contributed by atoms with Crippen molar-refractivity contribution < 1.29 is 5.11 Å². The second kappa shape index (κ2) is 6.84. The van der Waals surface area contributed by atoms with E-state index in [4.69, 9.17) is 5.11 Å². The number of piperazine rings is 1. The van der Waals surface area contributed by atoms with E-state index in [1.54, 1.807) is 0 Å². The molecule has 5 heteroatoms. The quantitative estimate of drug-likeness (QED) is 0.810. The summed E-state index contributed by atoms with van der Waals surface area (Å²) in [6.07, 6.45) is 1.89. The molecule has 0 amide bonds. The number of nitrogens with zero attached hydrogens (tertiary/aromatic N) is 3. The number of anilines is 1. The van der Waals surface area contributed by atoms with Gasteiger partial charge < -0.3 is 15.3 Å². The number of pyridine rings is 1. The van der Waals surface area contributed by atoms with Crippen LogP contribution in [0.2, 0.25) is 0 Å². The molecule has 2 N–H and O–H groups in total. The number of aromatic nitrogens is 1. The summed E-state index contributed by atoms with van der Waals surface area (Å²) in [6.45, 7) is 7.11. The summed E-state index contributed by atoms with van der Waals surface area (Å²) >= 11 is 0. The van der Waals surface area contributed by atoms with Crippen LogP contribution in [0.1, 0.15) is 18.5 Å². The van der Waals surface area contributed by atoms with Gasteiger partial charge in [0.25, 0.3) is 0 Å². The number of aliphatic hydroxyl groups is 1. The lowest BCUT2D eigenvalue weighted by atomic mass is 10.1. The molecular formula is C14H24N4O. The third-order valence-electron chi connectivity index (χ3n) is 3.82. The van der Waals surface area contributed by atoms with Crippen molar-refractivity contribution in [2.45, 2.75) is 13.0 Å². The van der Waals surface area contributed by atoms with Gasteiger partial charge in [-0.25, -0.2) is 4.98 Å². The molecule has 19 heavy (non-hydrogen) atoms. The van der Waals surface area contributed by atoms with Crippen LogP contribution in [0, 0.1) is 0 Å². The maximum atomic E-state index is 8.95. The van der Waals surface area contributed by atoms with Crippen molar-refractivity contribution in [1.82, 2.24) is 15.2 Å². The average molecular weight is 264 g/mol. The highest BCUT2D eigenvalue weighted by Gasteiger charge is 2.18. The summed E-state index contributed by atoms with van der Waals surface area (Å²) < 4.78 is 0. The van der Waals surface area contributed by atoms with E-state index < -0.39 is 0 Å². The van der Waals surface area contributed by atoms with Gasteiger partial charge in [0.15, 0.2) is 0 Å². The zero-order chi connectivity index (χ0) is 13.7. The third-order valence-corrected chi connectivity index (χ3v) is 3.82. The fourth-order valence-electron chi connectivity index (χ4n) is 2.39. The molecule has 1 fully saturated rings. The van der Waals surface area contributed by atoms with Crippen LogP contribution in [0.25, 0.3) is 0 Å². The minimum atomic E-state index is 0.243. The molecule has 2 rings (SSSR count). The van der Waals surface area contributed by atoms with E-state index in [-0.39, 0.29) is 6.61 Å². The average Bonchev–Trinajstić information content (AvgIpc) is 2.48. The van der Waals surface area contributed by atoms with Gasteiger partial charge in [-0.3, -0.25) is 4.90 Å². The van der Waals surface area contributed by atoms with Crippen LogP contribution in [0.3, 0.4) is 0 Å². The van der Waals surface area contributed by atoms with Crippen molar-refractivity contribution >= 4 is 5.82 Å². The fourth-order valence-corrected chi connectivity index (χ4v) is 2.39. The van der Waals surface area contributed by atoms with E-state index in [1.165, 1.54) is 5.56 Å². The van der Waals surface area contributed by atoms with Crippen molar-refractivity contribution in [2.75, 3.05) is 51.3 Å². The Kier molecular flexibility index (Phi) is 5.13. The Morgan fingerprint density at radius 2 is 2.11 bits per heavy atom. The number of β-amino-alcohol motifs (C(OH)–C–C–N with tert-alkyl or cyclic N) is 1. The van der Waals surface area contributed by atoms with E-state index in [9.17, 15) is 0 Å². The second-order valence-corrected chi connectivity index (χ2v) is 5.01. The van der Waals surface area contributed by atoms with E-state index in [0.717, 1.165) is 38.5 Å². The molecular weight excluding hydrogens is 240 g/mol. The molecule has 0 radical (unpaired) electrons. The van der Waals surface area contributed by atoms with Crippen molar-refractivity contribution in [3.8, 4) is 0 Å². The summed E-state index contributed by atoms with van der Waals surface area (Å²) in [6, 6.07) is 4.58. The van der Waals surface area contributed by atoms with Gasteiger partial charge in [0.05, 0.1) is 6.61 Å². The minimum absolute atomic E-state index is 0.243. The van der Waals surface area contributed by atoms with E-state index in [2.05, 4.69) is 39.2 Å². The van der Waals surface area contributed by atoms with Crippen molar-refractivity contribution in [2.24, 2.45) is 0 Å². The van der Waals surface area contributed by atoms with Crippen LogP contribution in [0.4, 0.5) is 5.82 Å². The summed E-state index contributed by atoms with van der Waals surface area (Å²) in [7, 11) is 1.97. The van der Waals surface area contributed by atoms with Crippen molar-refractivity contribution in [1.29, 1.82) is 0 Å². The van der Waals surface area contributed by atoms with Crippen LogP contribution < -0.4 is 10.2 Å². The zero-order valence-electron chi connectivity index (χ0n) is 11.8. The molecule has 1 aliphatic heterocycles. The summed E-state index contributed by atoms with van der Waals surface area (Å²) in [4.78, 5) is 9.09. The highest BCUT2D eigenvalue weighted by Crippen LogP contribution is 2.19. The van der Waals surface area contributed by atoms with Gasteiger partial charge in [-0.05, 0) is 31.7 Å². The Morgan fingerprint density at radius 1 is 1.37 bits per heavy atom. The Bertz CT molecular complexity index is 391. The normalized spacial score (nSPS) is 18.6. The largest absolute Gasteiger partial charge is 0.395 e. The zero-order valence-corrected chi connectivity index (χ0v) is 11.8. The number of aliphatic hydroxyl groups excluding tert-OH is 1. The van der Waals surface area contributed by atoms with Crippen LogP contribution in [0.5, 0.6) is 0 Å². The van der Waals surface area contributed by atoms with Crippen LogP contribution in [0.15, 0.2) is 18.3 Å². The first-order valence-corrected chi connectivity index (χ1v) is 6.96. The Labute approximate surface area is 115 Å². The molecule has 1 unspecified atom stereocenters. The van der Waals surface area contributed by atoms with Gasteiger partial charge in [-0.15, -0.1) is 0 Å². The maximum absolute atomic E-state index is 8.95. The molecule has 106 valence electrons. The second-order valence-electron chi connectivity index (χ2n) is 5.01. The molecule has 1 aliphatic rings. The standard InChI is InChI=1S/C14H24N4O/c1-12(15-2)13-3-4-16-14(11-13)18-7-5-17(6-8-18)9-10-19/h3-4,11-12,15,19H,5-10H2,1-2H3. The van der Waals surface area contributed by atoms with Gasteiger partial charge in [0.2, 0.25) is 0 Å². The SMILES string of the molecule is CNC(C)c1ccnc(N2CCN(CCO)CC2)c1. The number of hydrogen-bond acceptors (Lipinski definition) is 5. The Morgan fingerprint density at radius 3 is 2.74 bits per heavy atom. The fraction of sp³-hybridized carbons (Fsp3) is 0.643. The predicted octanol–water partition coefficient (Wildman–Crippen LogP) is 0.476. The van der Waals surface area contributed by atoms with Gasteiger partial charge in [0, 0.05) is 45.0 Å². The molecule has 1 aromatic rings. The van der Waals surface area contributed by atoms with Crippen molar-refractivity contribution in [3.05, 3.63) is 23.9 Å². The van der Waals surface area contributed by atoms with Gasteiger partial charge in [0.1, 0.15) is 5.82 Å². The maximum Gasteiger partial charge on any atom is 0.128 e. The molecule has 2 heterocycles. The lowest BCUT2D eigenvalue weighted by molar-refractivity contribution is 0.188. The topological polar surface area (TPSA) is 51.6 Å². The minimum Gasteiger partial charge on any atom is -0.395 e. The molecule has 1 aromatic heterocycles. The Hall–Kier alpha value is -1.17. The number of nitrogens with one attached hydrogen (secondary N) is 1. The molecule has 0 saturated carbocycles. The highest BCUT2D eigenvalue weighted by molar-refractivity contribution is 5.42. The number of hydrogen-bond donors (Lipinski definition) is 2. The highest BCUT2D eigenvalue weighted by atomic mass is 16.3. The summed E-state index contributed by atoms with van der Waals surface area (Å²) in [5.41, 5.74) is 1.27. The van der Waals surface area contributed by atoms with Crippen LogP contribution in [-0.4, -0.2) is 61.4 Å². The smallest absolute Gasteiger partial charge is 0.128 e. The molecule has 0 aliphatic carbocycles. The first-order valence-electron chi connectivity index (χ1n) is 6.96. The molecule has 0 bridgehead atoms. The summed E-state index contributed by atoms with van der Waals surface area (Å²) in [5.74, 6) is 1.06. The van der Waals surface area contributed by atoms with Crippen molar-refractivity contribution in [3.63, 3.8) is 0 Å². The van der Waals surface area contributed by atoms with Gasteiger partial charge >= 0.3 is 0 Å². The van der Waals surface area contributed by atoms with E-state index in [0.29, 0.717) is 6.04 Å². The molecule has 1 saturated heterocycles. The van der Waals surface area contributed by atoms with Gasteiger partial charge in [-0.1, -0.05) is 0 Å². The van der Waals surface area contributed by atoms with Gasteiger partial charge in [-0.2, -0.15) is 0 Å². The predicted molar refractivity (Wildman–Crippen MR) is 77.5 cm³/mol. The third kappa shape index (κ3) is 3.65. The van der Waals surface area contributed by atoms with Crippen LogP contribution >= 0.6 is 0 Å². The van der Waals surface area contributed by atoms with Crippen LogP contribution in [-0.2, 0) is 0 Å². The van der Waals surface area contributed by atoms with E-state index in [1.807, 2.05) is 13.2 Å². The molecule has 5 nitrogen and oxygen atoms in total. The lowest BCUT2D eigenvalue weighted by Gasteiger charge is -2.35. The summed E-state index contributed by atoms with van der Waals surface area (Å²) in [5, 5.41) is 12.2. The first-order chi connectivity index (χ1) is 9.24.